The third kappa shape index (κ3) is 8.98. The largest absolute Gasteiger partial charge is 0.486 e. The molecule has 0 aromatic carbocycles. The highest BCUT2D eigenvalue weighted by molar-refractivity contribution is 5.87. The molecule has 0 bridgehead atoms. The van der Waals surface area contributed by atoms with E-state index < -0.39 is 0 Å². The lowest BCUT2D eigenvalue weighted by Crippen LogP contribution is -2.24. The Kier molecular flexibility index (Phi) is 9.18. The number of amides is 1. The average Bonchev–Trinajstić information content (AvgIpc) is 2.20. The summed E-state index contributed by atoms with van der Waals surface area (Å²) in [5.41, 5.74) is 0. The van der Waals surface area contributed by atoms with Crippen LogP contribution in [0.15, 0.2) is 12.3 Å². The number of carbonyl (C=O) groups is 1. The van der Waals surface area contributed by atoms with Gasteiger partial charge in [-0.2, -0.15) is 0 Å². The second-order valence-corrected chi connectivity index (χ2v) is 2.35. The number of hydrogen-bond donors (Lipinski definition) is 4. The van der Waals surface area contributed by atoms with Gasteiger partial charge >= 0.3 is 0 Å². The van der Waals surface area contributed by atoms with Gasteiger partial charge in [0.1, 0.15) is 6.73 Å². The predicted octanol–water partition coefficient (Wildman–Crippen LogP) is -1.84. The monoisotopic (exact) mass is 204 g/mol. The Morgan fingerprint density at radius 2 is 2.00 bits per heavy atom. The molecule has 0 radical (unpaired) electrons. The number of carbonyl (C=O) groups excluding carboxylic acids is 1. The Morgan fingerprint density at radius 1 is 1.29 bits per heavy atom. The van der Waals surface area contributed by atoms with Crippen molar-refractivity contribution in [3.05, 3.63) is 12.3 Å². The maximum atomic E-state index is 10.8. The van der Waals surface area contributed by atoms with Gasteiger partial charge in [0, 0.05) is 19.2 Å². The molecular weight excluding hydrogens is 188 g/mol. The zero-order valence-electron chi connectivity index (χ0n) is 7.90. The summed E-state index contributed by atoms with van der Waals surface area (Å²) in [7, 11) is 0. The molecule has 14 heavy (non-hydrogen) atoms. The average molecular weight is 204 g/mol. The lowest BCUT2D eigenvalue weighted by molar-refractivity contribution is -0.116. The van der Waals surface area contributed by atoms with Gasteiger partial charge in [-0.05, 0) is 0 Å². The zero-order valence-corrected chi connectivity index (χ0v) is 7.90. The van der Waals surface area contributed by atoms with E-state index in [1.165, 1.54) is 12.3 Å². The van der Waals surface area contributed by atoms with Gasteiger partial charge in [-0.3, -0.25) is 10.1 Å². The number of nitrogens with one attached hydrogen (secondary N) is 2. The van der Waals surface area contributed by atoms with Crippen molar-refractivity contribution in [3.8, 4) is 0 Å². The molecule has 6 nitrogen and oxygen atoms in total. The maximum Gasteiger partial charge on any atom is 0.247 e. The molecule has 0 aliphatic carbocycles. The van der Waals surface area contributed by atoms with Gasteiger partial charge in [0.25, 0.3) is 0 Å². The molecule has 0 fully saturated rings. The number of aliphatic hydroxyl groups is 2. The van der Waals surface area contributed by atoms with E-state index in [0.29, 0.717) is 6.54 Å². The van der Waals surface area contributed by atoms with E-state index in [4.69, 9.17) is 14.9 Å². The first-order chi connectivity index (χ1) is 6.81. The van der Waals surface area contributed by atoms with Crippen molar-refractivity contribution >= 4 is 5.91 Å². The van der Waals surface area contributed by atoms with Crippen molar-refractivity contribution in [1.82, 2.24) is 10.6 Å². The van der Waals surface area contributed by atoms with Gasteiger partial charge in [0.2, 0.25) is 5.91 Å². The molecule has 0 aromatic heterocycles. The molecule has 0 spiro atoms. The van der Waals surface area contributed by atoms with E-state index in [1.54, 1.807) is 0 Å². The summed E-state index contributed by atoms with van der Waals surface area (Å²) in [6, 6.07) is 0. The Hall–Kier alpha value is -1.11. The van der Waals surface area contributed by atoms with Crippen LogP contribution in [0.5, 0.6) is 0 Å². The minimum absolute atomic E-state index is 0.0457. The van der Waals surface area contributed by atoms with Crippen molar-refractivity contribution in [3.63, 3.8) is 0 Å². The smallest absolute Gasteiger partial charge is 0.247 e. The first-order valence-corrected chi connectivity index (χ1v) is 4.29. The first-order valence-electron chi connectivity index (χ1n) is 4.29. The summed E-state index contributed by atoms with van der Waals surface area (Å²) in [5.74, 6) is -0.318. The van der Waals surface area contributed by atoms with Crippen LogP contribution in [0.3, 0.4) is 0 Å². The Balaban J connectivity index is 3.28. The summed E-state index contributed by atoms with van der Waals surface area (Å²) in [4.78, 5) is 10.8. The second kappa shape index (κ2) is 9.97. The molecule has 4 N–H and O–H groups in total. The molecule has 6 heteroatoms. The van der Waals surface area contributed by atoms with Gasteiger partial charge in [-0.15, -0.1) is 0 Å². The fourth-order valence-electron chi connectivity index (χ4n) is 0.606. The topological polar surface area (TPSA) is 90.8 Å². The Morgan fingerprint density at radius 3 is 2.64 bits per heavy atom. The highest BCUT2D eigenvalue weighted by atomic mass is 16.5. The molecule has 0 rings (SSSR count). The predicted molar refractivity (Wildman–Crippen MR) is 50.3 cm³/mol. The van der Waals surface area contributed by atoms with Crippen LogP contribution in [0.25, 0.3) is 0 Å². The molecule has 0 atom stereocenters. The van der Waals surface area contributed by atoms with Crippen LogP contribution in [0.2, 0.25) is 0 Å². The lowest BCUT2D eigenvalue weighted by Gasteiger charge is -2.01. The highest BCUT2D eigenvalue weighted by Crippen LogP contribution is 1.76. The molecule has 0 aliphatic rings. The third-order valence-electron chi connectivity index (χ3n) is 1.20. The summed E-state index contributed by atoms with van der Waals surface area (Å²) in [5, 5.41) is 21.9. The molecule has 0 unspecified atom stereocenters. The summed E-state index contributed by atoms with van der Waals surface area (Å²) in [6.07, 6.45) is 2.47. The van der Waals surface area contributed by atoms with Crippen LogP contribution in [-0.4, -0.2) is 49.2 Å². The van der Waals surface area contributed by atoms with Gasteiger partial charge in [-0.25, -0.2) is 0 Å². The van der Waals surface area contributed by atoms with Crippen LogP contribution in [0.4, 0.5) is 0 Å². The van der Waals surface area contributed by atoms with Crippen molar-refractivity contribution < 1.29 is 19.7 Å². The summed E-state index contributed by atoms with van der Waals surface area (Å²) >= 11 is 0. The Labute approximate surface area is 82.6 Å². The lowest BCUT2D eigenvalue weighted by atomic mass is 10.5. The quantitative estimate of drug-likeness (QED) is 0.161. The van der Waals surface area contributed by atoms with E-state index >= 15 is 0 Å². The second-order valence-electron chi connectivity index (χ2n) is 2.35. The van der Waals surface area contributed by atoms with Crippen LogP contribution in [0, 0.1) is 0 Å². The molecule has 82 valence electrons. The summed E-state index contributed by atoms with van der Waals surface area (Å²) < 4.78 is 4.86. The van der Waals surface area contributed by atoms with Crippen molar-refractivity contribution in [2.45, 2.75) is 0 Å². The van der Waals surface area contributed by atoms with E-state index in [1.807, 2.05) is 0 Å². The minimum atomic E-state index is -0.318. The number of hydrogen-bond acceptors (Lipinski definition) is 5. The van der Waals surface area contributed by atoms with Crippen LogP contribution >= 0.6 is 0 Å². The van der Waals surface area contributed by atoms with E-state index in [-0.39, 0.29) is 32.4 Å². The van der Waals surface area contributed by atoms with Crippen LogP contribution in [-0.2, 0) is 9.53 Å². The van der Waals surface area contributed by atoms with E-state index in [2.05, 4.69) is 10.6 Å². The SMILES string of the molecule is O=C(C=COCNCCO)NCCO. The molecule has 0 aliphatic heterocycles. The maximum absolute atomic E-state index is 10.8. The van der Waals surface area contributed by atoms with Crippen molar-refractivity contribution in [2.75, 3.05) is 33.0 Å². The molecule has 0 aromatic rings. The highest BCUT2D eigenvalue weighted by Gasteiger charge is 1.91. The molecular formula is C8H16N2O4. The van der Waals surface area contributed by atoms with Crippen LogP contribution < -0.4 is 10.6 Å². The zero-order chi connectivity index (χ0) is 10.6. The number of rotatable bonds is 8. The fraction of sp³-hybridized carbons (Fsp3) is 0.625. The van der Waals surface area contributed by atoms with Crippen LogP contribution in [0.1, 0.15) is 0 Å². The van der Waals surface area contributed by atoms with Gasteiger partial charge < -0.3 is 20.3 Å². The van der Waals surface area contributed by atoms with E-state index in [9.17, 15) is 4.79 Å². The Bertz CT molecular complexity index is 173. The van der Waals surface area contributed by atoms with Crippen molar-refractivity contribution in [1.29, 1.82) is 0 Å². The third-order valence-corrected chi connectivity index (χ3v) is 1.20. The minimum Gasteiger partial charge on any atom is -0.486 e. The molecule has 0 heterocycles. The molecule has 0 saturated heterocycles. The molecule has 1 amide bonds. The number of aliphatic hydroxyl groups excluding tert-OH is 2. The fourth-order valence-corrected chi connectivity index (χ4v) is 0.606. The normalized spacial score (nSPS) is 10.4. The molecule has 0 saturated carbocycles. The van der Waals surface area contributed by atoms with Gasteiger partial charge in [-0.1, -0.05) is 0 Å². The standard InChI is InChI=1S/C8H16N2O4/c11-4-2-9-7-14-6-1-8(13)10-3-5-12/h1,6,9,11-12H,2-5,7H2,(H,10,13). The number of ether oxygens (including phenoxy) is 1. The first kappa shape index (κ1) is 12.9. The summed E-state index contributed by atoms with van der Waals surface area (Å²) in [6.45, 7) is 0.878. The van der Waals surface area contributed by atoms with Gasteiger partial charge in [0.05, 0.1) is 19.5 Å². The van der Waals surface area contributed by atoms with E-state index in [0.717, 1.165) is 0 Å². The van der Waals surface area contributed by atoms with Crippen molar-refractivity contribution in [2.24, 2.45) is 0 Å². The van der Waals surface area contributed by atoms with Gasteiger partial charge in [0.15, 0.2) is 0 Å².